The zero-order valence-electron chi connectivity index (χ0n) is 15.3. The van der Waals surface area contributed by atoms with Crippen molar-refractivity contribution in [1.82, 2.24) is 0 Å². The molecule has 3 aromatic rings. The van der Waals surface area contributed by atoms with Crippen LogP contribution in [-0.2, 0) is 6.42 Å². The number of anilines is 1. The van der Waals surface area contributed by atoms with Gasteiger partial charge in [0.1, 0.15) is 5.75 Å². The smallest absolute Gasteiger partial charge is 0.259 e. The number of ether oxygens (including phenoxy) is 2. The van der Waals surface area contributed by atoms with E-state index in [1.54, 1.807) is 25.3 Å². The highest BCUT2D eigenvalue weighted by molar-refractivity contribution is 6.31. The lowest BCUT2D eigenvalue weighted by Gasteiger charge is -2.13. The number of amides is 1. The fourth-order valence-electron chi connectivity index (χ4n) is 2.68. The molecular weight excluding hydrogens is 378 g/mol. The molecular formula is C22H20ClNO4. The van der Waals surface area contributed by atoms with E-state index < -0.39 is 5.91 Å². The second-order valence-electron chi connectivity index (χ2n) is 6.07. The molecule has 0 unspecified atom stereocenters. The Morgan fingerprint density at radius 2 is 1.82 bits per heavy atom. The van der Waals surface area contributed by atoms with E-state index in [1.165, 1.54) is 23.8 Å². The first-order chi connectivity index (χ1) is 13.6. The normalized spacial score (nSPS) is 10.4. The number of hydrogen-bond donors (Lipinski definition) is 2. The average molecular weight is 398 g/mol. The lowest BCUT2D eigenvalue weighted by atomic mass is 10.1. The number of carbonyl (C=O) groups is 1. The molecule has 0 spiro atoms. The lowest BCUT2D eigenvalue weighted by Crippen LogP contribution is -2.12. The summed E-state index contributed by atoms with van der Waals surface area (Å²) in [7, 11) is 1.56. The van der Waals surface area contributed by atoms with E-state index in [4.69, 9.17) is 21.1 Å². The zero-order valence-corrected chi connectivity index (χ0v) is 16.1. The Kier molecular flexibility index (Phi) is 6.40. The van der Waals surface area contributed by atoms with Crippen molar-refractivity contribution in [3.63, 3.8) is 0 Å². The average Bonchev–Trinajstić information content (AvgIpc) is 2.71. The molecule has 0 radical (unpaired) electrons. The maximum Gasteiger partial charge on any atom is 0.259 e. The molecule has 5 nitrogen and oxygen atoms in total. The topological polar surface area (TPSA) is 67.8 Å². The molecule has 0 aliphatic rings. The van der Waals surface area contributed by atoms with Crippen molar-refractivity contribution in [2.45, 2.75) is 6.42 Å². The van der Waals surface area contributed by atoms with Crippen molar-refractivity contribution >= 4 is 23.2 Å². The number of nitrogens with one attached hydrogen (secondary N) is 1. The third-order valence-corrected chi connectivity index (χ3v) is 4.35. The summed E-state index contributed by atoms with van der Waals surface area (Å²) in [5.41, 5.74) is 1.78. The second kappa shape index (κ2) is 9.15. The molecule has 3 aromatic carbocycles. The minimum atomic E-state index is -0.472. The highest BCUT2D eigenvalue weighted by atomic mass is 35.5. The molecule has 144 valence electrons. The fourth-order valence-corrected chi connectivity index (χ4v) is 2.85. The number of rotatable bonds is 7. The van der Waals surface area contributed by atoms with Gasteiger partial charge in [0.25, 0.3) is 5.91 Å². The molecule has 0 aromatic heterocycles. The quantitative estimate of drug-likeness (QED) is 0.593. The minimum absolute atomic E-state index is 0.0925. The first kappa shape index (κ1) is 19.6. The van der Waals surface area contributed by atoms with Crippen LogP contribution in [-0.4, -0.2) is 24.7 Å². The molecule has 1 amide bonds. The van der Waals surface area contributed by atoms with Gasteiger partial charge in [0.05, 0.1) is 19.3 Å². The van der Waals surface area contributed by atoms with Crippen LogP contribution < -0.4 is 14.8 Å². The Morgan fingerprint density at radius 3 is 2.57 bits per heavy atom. The highest BCUT2D eigenvalue weighted by Gasteiger charge is 2.14. The fraction of sp³-hybridized carbons (Fsp3) is 0.136. The maximum absolute atomic E-state index is 12.5. The van der Waals surface area contributed by atoms with E-state index in [9.17, 15) is 9.90 Å². The Labute approximate surface area is 168 Å². The SMILES string of the molecule is COc1ccc(NC(=O)c2cc(Cl)ccc2O)cc1OCCc1ccccc1. The van der Waals surface area contributed by atoms with Crippen LogP contribution in [0.4, 0.5) is 5.69 Å². The first-order valence-corrected chi connectivity index (χ1v) is 9.09. The number of methoxy groups -OCH3 is 1. The predicted octanol–water partition coefficient (Wildman–Crippen LogP) is 4.93. The number of phenolic OH excluding ortho intramolecular Hbond substituents is 1. The summed E-state index contributed by atoms with van der Waals surface area (Å²) in [6.07, 6.45) is 0.747. The standard InChI is InChI=1S/C22H20ClNO4/c1-27-20-10-8-17(24-22(26)18-13-16(23)7-9-19(18)25)14-21(20)28-12-11-15-5-3-2-4-6-15/h2-10,13-14,25H,11-12H2,1H3,(H,24,26). The number of benzene rings is 3. The molecule has 0 bridgehead atoms. The van der Waals surface area contributed by atoms with Gasteiger partial charge in [-0.2, -0.15) is 0 Å². The highest BCUT2D eigenvalue weighted by Crippen LogP contribution is 2.31. The van der Waals surface area contributed by atoms with Gasteiger partial charge in [0.15, 0.2) is 11.5 Å². The molecule has 0 saturated heterocycles. The molecule has 2 N–H and O–H groups in total. The van der Waals surface area contributed by atoms with Gasteiger partial charge in [-0.25, -0.2) is 0 Å². The number of hydrogen-bond acceptors (Lipinski definition) is 4. The number of phenols is 1. The van der Waals surface area contributed by atoms with Crippen molar-refractivity contribution in [3.8, 4) is 17.2 Å². The van der Waals surface area contributed by atoms with E-state index in [1.807, 2.05) is 30.3 Å². The Balaban J connectivity index is 1.71. The van der Waals surface area contributed by atoms with E-state index in [0.29, 0.717) is 28.8 Å². The summed E-state index contributed by atoms with van der Waals surface area (Å²) >= 11 is 5.91. The minimum Gasteiger partial charge on any atom is -0.507 e. The van der Waals surface area contributed by atoms with Crippen LogP contribution in [0.2, 0.25) is 5.02 Å². The first-order valence-electron chi connectivity index (χ1n) is 8.71. The molecule has 0 aliphatic carbocycles. The Morgan fingerprint density at radius 1 is 1.04 bits per heavy atom. The van der Waals surface area contributed by atoms with Crippen molar-refractivity contribution in [2.75, 3.05) is 19.0 Å². The molecule has 0 fully saturated rings. The molecule has 0 atom stereocenters. The number of aromatic hydroxyl groups is 1. The summed E-state index contributed by atoms with van der Waals surface area (Å²) in [6, 6.07) is 19.4. The predicted molar refractivity (Wildman–Crippen MR) is 110 cm³/mol. The van der Waals surface area contributed by atoms with Crippen LogP contribution in [0.1, 0.15) is 15.9 Å². The Bertz CT molecular complexity index is 960. The van der Waals surface area contributed by atoms with Gasteiger partial charge in [-0.1, -0.05) is 41.9 Å². The molecule has 0 heterocycles. The Hall–Kier alpha value is -3.18. The van der Waals surface area contributed by atoms with Gasteiger partial charge in [-0.15, -0.1) is 0 Å². The second-order valence-corrected chi connectivity index (χ2v) is 6.50. The molecule has 28 heavy (non-hydrogen) atoms. The molecule has 0 aliphatic heterocycles. The van der Waals surface area contributed by atoms with E-state index in [-0.39, 0.29) is 11.3 Å². The summed E-state index contributed by atoms with van der Waals surface area (Å²) in [6.45, 7) is 0.465. The van der Waals surface area contributed by atoms with Crippen LogP contribution >= 0.6 is 11.6 Å². The maximum atomic E-state index is 12.5. The third-order valence-electron chi connectivity index (χ3n) is 4.12. The van der Waals surface area contributed by atoms with Crippen LogP contribution in [0.5, 0.6) is 17.2 Å². The van der Waals surface area contributed by atoms with Crippen LogP contribution in [0, 0.1) is 0 Å². The number of carbonyl (C=O) groups excluding carboxylic acids is 1. The third kappa shape index (κ3) is 4.96. The molecule has 0 saturated carbocycles. The van der Waals surface area contributed by atoms with Crippen molar-refractivity contribution in [1.29, 1.82) is 0 Å². The van der Waals surface area contributed by atoms with Gasteiger partial charge in [-0.3, -0.25) is 4.79 Å². The largest absolute Gasteiger partial charge is 0.507 e. The van der Waals surface area contributed by atoms with Crippen LogP contribution in [0.15, 0.2) is 66.7 Å². The van der Waals surface area contributed by atoms with Crippen molar-refractivity contribution in [2.24, 2.45) is 0 Å². The monoisotopic (exact) mass is 397 g/mol. The van der Waals surface area contributed by atoms with Crippen molar-refractivity contribution < 1.29 is 19.4 Å². The van der Waals surface area contributed by atoms with E-state index >= 15 is 0 Å². The number of halogens is 1. The van der Waals surface area contributed by atoms with Gasteiger partial charge in [0, 0.05) is 23.2 Å². The summed E-state index contributed by atoms with van der Waals surface area (Å²) < 4.78 is 11.2. The summed E-state index contributed by atoms with van der Waals surface area (Å²) in [4.78, 5) is 12.5. The van der Waals surface area contributed by atoms with E-state index in [0.717, 1.165) is 6.42 Å². The van der Waals surface area contributed by atoms with Gasteiger partial charge in [-0.05, 0) is 35.9 Å². The van der Waals surface area contributed by atoms with E-state index in [2.05, 4.69) is 5.32 Å². The van der Waals surface area contributed by atoms with Crippen LogP contribution in [0.25, 0.3) is 0 Å². The lowest BCUT2D eigenvalue weighted by molar-refractivity contribution is 0.102. The van der Waals surface area contributed by atoms with Gasteiger partial charge >= 0.3 is 0 Å². The summed E-state index contributed by atoms with van der Waals surface area (Å²) in [5.74, 6) is 0.471. The zero-order chi connectivity index (χ0) is 19.9. The van der Waals surface area contributed by atoms with Crippen molar-refractivity contribution in [3.05, 3.63) is 82.9 Å². The molecule has 3 rings (SSSR count). The summed E-state index contributed by atoms with van der Waals surface area (Å²) in [5, 5.41) is 13.0. The molecule has 6 heteroatoms. The van der Waals surface area contributed by atoms with Gasteiger partial charge in [0.2, 0.25) is 0 Å². The van der Waals surface area contributed by atoms with Gasteiger partial charge < -0.3 is 19.9 Å². The van der Waals surface area contributed by atoms with Crippen LogP contribution in [0.3, 0.4) is 0 Å².